The number of nitrogens with zero attached hydrogens (tertiary/aromatic N) is 1. The van der Waals surface area contributed by atoms with Gasteiger partial charge in [-0.3, -0.25) is 4.90 Å². The second-order valence-electron chi connectivity index (χ2n) is 5.16. The highest BCUT2D eigenvalue weighted by atomic mass is 19.2. The highest BCUT2D eigenvalue weighted by Gasteiger charge is 2.32. The first-order chi connectivity index (χ1) is 8.57. The summed E-state index contributed by atoms with van der Waals surface area (Å²) in [6.45, 7) is 7.40. The summed E-state index contributed by atoms with van der Waals surface area (Å²) in [5, 5.41) is 3.36. The molecule has 1 aromatic rings. The van der Waals surface area contributed by atoms with Gasteiger partial charge in [0.25, 0.3) is 0 Å². The lowest BCUT2D eigenvalue weighted by molar-refractivity contribution is 0.0625. The van der Waals surface area contributed by atoms with Crippen molar-refractivity contribution in [3.05, 3.63) is 35.4 Å². The van der Waals surface area contributed by atoms with Gasteiger partial charge < -0.3 is 5.32 Å². The molecule has 1 fully saturated rings. The molecule has 1 aromatic carbocycles. The Morgan fingerprint density at radius 1 is 1.39 bits per heavy atom. The van der Waals surface area contributed by atoms with Crippen molar-refractivity contribution < 1.29 is 8.78 Å². The van der Waals surface area contributed by atoms with E-state index in [1.54, 1.807) is 12.1 Å². The van der Waals surface area contributed by atoms with Crippen molar-refractivity contribution in [1.29, 1.82) is 0 Å². The zero-order chi connectivity index (χ0) is 13.2. The van der Waals surface area contributed by atoms with Gasteiger partial charge in [-0.05, 0) is 19.4 Å². The molecule has 0 saturated carbocycles. The number of piperazine rings is 1. The van der Waals surface area contributed by atoms with Crippen molar-refractivity contribution in [2.45, 2.75) is 32.4 Å². The van der Waals surface area contributed by atoms with Gasteiger partial charge in [0.1, 0.15) is 0 Å². The fourth-order valence-electron chi connectivity index (χ4n) is 2.45. The zero-order valence-electron chi connectivity index (χ0n) is 11.0. The first-order valence-corrected chi connectivity index (χ1v) is 6.45. The molecule has 0 radical (unpaired) electrons. The second kappa shape index (κ2) is 5.33. The maximum absolute atomic E-state index is 13.7. The minimum absolute atomic E-state index is 0.0109. The summed E-state index contributed by atoms with van der Waals surface area (Å²) in [6.07, 6.45) is 0.983. The Morgan fingerprint density at radius 2 is 2.17 bits per heavy atom. The van der Waals surface area contributed by atoms with Gasteiger partial charge in [0, 0.05) is 37.3 Å². The van der Waals surface area contributed by atoms with Gasteiger partial charge in [-0.1, -0.05) is 19.1 Å². The average Bonchev–Trinajstić information content (AvgIpc) is 2.37. The van der Waals surface area contributed by atoms with E-state index < -0.39 is 11.6 Å². The van der Waals surface area contributed by atoms with E-state index in [-0.39, 0.29) is 5.54 Å². The van der Waals surface area contributed by atoms with Crippen LogP contribution in [-0.4, -0.2) is 30.1 Å². The van der Waals surface area contributed by atoms with E-state index in [1.807, 2.05) is 0 Å². The van der Waals surface area contributed by atoms with E-state index in [0.717, 1.165) is 32.1 Å². The summed E-state index contributed by atoms with van der Waals surface area (Å²) in [5.74, 6) is -1.48. The van der Waals surface area contributed by atoms with Crippen molar-refractivity contribution in [1.82, 2.24) is 10.2 Å². The van der Waals surface area contributed by atoms with E-state index in [9.17, 15) is 8.78 Å². The van der Waals surface area contributed by atoms with E-state index in [4.69, 9.17) is 0 Å². The molecule has 1 unspecified atom stereocenters. The predicted octanol–water partition coefficient (Wildman–Crippen LogP) is 2.54. The normalized spacial score (nSPS) is 25.3. The lowest BCUT2D eigenvalue weighted by Gasteiger charge is -2.45. The highest BCUT2D eigenvalue weighted by Crippen LogP contribution is 2.24. The molecule has 1 N–H and O–H groups in total. The van der Waals surface area contributed by atoms with Crippen LogP contribution in [0.3, 0.4) is 0 Å². The van der Waals surface area contributed by atoms with Crippen LogP contribution in [-0.2, 0) is 6.54 Å². The Kier molecular flexibility index (Phi) is 3.97. The van der Waals surface area contributed by atoms with Gasteiger partial charge in [0.05, 0.1) is 0 Å². The van der Waals surface area contributed by atoms with Crippen molar-refractivity contribution >= 4 is 0 Å². The van der Waals surface area contributed by atoms with Crippen LogP contribution in [0.2, 0.25) is 0 Å². The number of hydrogen-bond donors (Lipinski definition) is 1. The van der Waals surface area contributed by atoms with Gasteiger partial charge >= 0.3 is 0 Å². The van der Waals surface area contributed by atoms with Crippen LogP contribution in [0.1, 0.15) is 25.8 Å². The van der Waals surface area contributed by atoms with Crippen LogP contribution in [0, 0.1) is 11.6 Å². The summed E-state index contributed by atoms with van der Waals surface area (Å²) in [6, 6.07) is 4.39. The lowest BCUT2D eigenvalue weighted by atomic mass is 9.93. The van der Waals surface area contributed by atoms with Crippen LogP contribution in [0.5, 0.6) is 0 Å². The van der Waals surface area contributed by atoms with Crippen molar-refractivity contribution in [3.8, 4) is 0 Å². The summed E-state index contributed by atoms with van der Waals surface area (Å²) < 4.78 is 26.9. The molecule has 0 aliphatic carbocycles. The van der Waals surface area contributed by atoms with Crippen LogP contribution < -0.4 is 5.32 Å². The standard InChI is InChI=1S/C14H20F2N2/c1-3-14(2)10-17-7-8-18(14)9-11-5-4-6-12(15)13(11)16/h4-6,17H,3,7-10H2,1-2H3. The maximum atomic E-state index is 13.7. The van der Waals surface area contributed by atoms with Gasteiger partial charge in [-0.15, -0.1) is 0 Å². The third kappa shape index (κ3) is 2.54. The first-order valence-electron chi connectivity index (χ1n) is 6.45. The van der Waals surface area contributed by atoms with Crippen molar-refractivity contribution in [2.75, 3.05) is 19.6 Å². The molecule has 1 saturated heterocycles. The maximum Gasteiger partial charge on any atom is 0.163 e. The van der Waals surface area contributed by atoms with Gasteiger partial charge in [-0.2, -0.15) is 0 Å². The molecular formula is C14H20F2N2. The van der Waals surface area contributed by atoms with Crippen LogP contribution >= 0.6 is 0 Å². The Morgan fingerprint density at radius 3 is 2.89 bits per heavy atom. The molecule has 1 heterocycles. The molecule has 0 spiro atoms. The summed E-state index contributed by atoms with van der Waals surface area (Å²) in [7, 11) is 0. The third-order valence-corrected chi connectivity index (χ3v) is 3.98. The molecule has 2 nitrogen and oxygen atoms in total. The molecular weight excluding hydrogens is 234 g/mol. The van der Waals surface area contributed by atoms with Crippen LogP contribution in [0.25, 0.3) is 0 Å². The molecule has 2 rings (SSSR count). The minimum atomic E-state index is -0.763. The predicted molar refractivity (Wildman–Crippen MR) is 68.3 cm³/mol. The molecule has 0 amide bonds. The molecule has 18 heavy (non-hydrogen) atoms. The summed E-state index contributed by atoms with van der Waals surface area (Å²) in [4.78, 5) is 2.24. The summed E-state index contributed by atoms with van der Waals surface area (Å²) in [5.41, 5.74) is 0.452. The zero-order valence-corrected chi connectivity index (χ0v) is 11.0. The number of halogens is 2. The fourth-order valence-corrected chi connectivity index (χ4v) is 2.45. The van der Waals surface area contributed by atoms with Gasteiger partial charge in [0.2, 0.25) is 0 Å². The minimum Gasteiger partial charge on any atom is -0.314 e. The Bertz CT molecular complexity index is 422. The van der Waals surface area contributed by atoms with E-state index in [1.165, 1.54) is 0 Å². The number of hydrogen-bond acceptors (Lipinski definition) is 2. The van der Waals surface area contributed by atoms with Crippen molar-refractivity contribution in [2.24, 2.45) is 0 Å². The first kappa shape index (κ1) is 13.4. The monoisotopic (exact) mass is 254 g/mol. The molecule has 4 heteroatoms. The lowest BCUT2D eigenvalue weighted by Crippen LogP contribution is -2.58. The second-order valence-corrected chi connectivity index (χ2v) is 5.16. The highest BCUT2D eigenvalue weighted by molar-refractivity contribution is 5.19. The Labute approximate surface area is 107 Å². The number of rotatable bonds is 3. The van der Waals surface area contributed by atoms with Crippen molar-refractivity contribution in [3.63, 3.8) is 0 Å². The topological polar surface area (TPSA) is 15.3 Å². The van der Waals surface area contributed by atoms with Gasteiger partial charge in [0.15, 0.2) is 11.6 Å². The summed E-state index contributed by atoms with van der Waals surface area (Å²) >= 11 is 0. The quantitative estimate of drug-likeness (QED) is 0.891. The molecule has 1 aliphatic rings. The van der Waals surface area contributed by atoms with E-state index in [2.05, 4.69) is 24.1 Å². The Balaban J connectivity index is 2.19. The van der Waals surface area contributed by atoms with Crippen LogP contribution in [0.15, 0.2) is 18.2 Å². The largest absolute Gasteiger partial charge is 0.314 e. The molecule has 0 aromatic heterocycles. The van der Waals surface area contributed by atoms with Crippen LogP contribution in [0.4, 0.5) is 8.78 Å². The molecule has 100 valence electrons. The third-order valence-electron chi connectivity index (χ3n) is 3.98. The number of benzene rings is 1. The smallest absolute Gasteiger partial charge is 0.163 e. The molecule has 0 bridgehead atoms. The fraction of sp³-hybridized carbons (Fsp3) is 0.571. The molecule has 1 aliphatic heterocycles. The van der Waals surface area contributed by atoms with Gasteiger partial charge in [-0.25, -0.2) is 8.78 Å². The average molecular weight is 254 g/mol. The van der Waals surface area contributed by atoms with E-state index in [0.29, 0.717) is 12.1 Å². The SMILES string of the molecule is CCC1(C)CNCCN1Cc1cccc(F)c1F. The molecule has 1 atom stereocenters. The Hall–Kier alpha value is -1.00. The number of nitrogens with one attached hydrogen (secondary N) is 1. The van der Waals surface area contributed by atoms with E-state index >= 15 is 0 Å².